The van der Waals surface area contributed by atoms with Gasteiger partial charge < -0.3 is 0 Å². The maximum atomic E-state index is 3.68. The Balaban J connectivity index is 2.11. The normalized spacial score (nSPS) is 12.0. The third kappa shape index (κ3) is 3.64. The van der Waals surface area contributed by atoms with E-state index in [2.05, 4.69) is 110 Å². The van der Waals surface area contributed by atoms with E-state index in [1.807, 2.05) is 45.3 Å². The van der Waals surface area contributed by atoms with Gasteiger partial charge in [-0.2, -0.15) is 0 Å². The van der Waals surface area contributed by atoms with Crippen LogP contribution in [0.4, 0.5) is 0 Å². The molecule has 128 valence electrons. The molecule has 0 saturated carbocycles. The van der Waals surface area contributed by atoms with Crippen LogP contribution in [0.25, 0.3) is 0 Å². The Morgan fingerprint density at radius 1 is 0.480 bits per heavy atom. The summed E-state index contributed by atoms with van der Waals surface area (Å²) in [6.45, 7) is 0. The maximum absolute atomic E-state index is 3.68. The van der Waals surface area contributed by atoms with Crippen LogP contribution in [0.1, 0.15) is 0 Å². The van der Waals surface area contributed by atoms with Gasteiger partial charge in [0.2, 0.25) is 0 Å². The van der Waals surface area contributed by atoms with E-state index in [0.29, 0.717) is 0 Å². The number of hydrogen-bond donors (Lipinski definition) is 0. The Labute approximate surface area is 198 Å². The predicted octanol–water partition coefficient (Wildman–Crippen LogP) is 6.36. The summed E-state index contributed by atoms with van der Waals surface area (Å²) in [4.78, 5) is 0. The molecule has 9 heteroatoms. The molecule has 25 heavy (non-hydrogen) atoms. The van der Waals surface area contributed by atoms with Gasteiger partial charge in [-0.3, -0.25) is 0 Å². The van der Waals surface area contributed by atoms with Crippen molar-refractivity contribution in [1.29, 1.82) is 0 Å². The van der Waals surface area contributed by atoms with Crippen LogP contribution >= 0.6 is 109 Å². The summed E-state index contributed by atoms with van der Waals surface area (Å²) in [5, 5.41) is 8.85. The third-order valence-corrected chi connectivity index (χ3v) is 26.5. The van der Waals surface area contributed by atoms with Crippen LogP contribution in [0.5, 0.6) is 0 Å². The van der Waals surface area contributed by atoms with Crippen LogP contribution in [0.3, 0.4) is 0 Å². The van der Waals surface area contributed by atoms with Crippen molar-refractivity contribution in [3.63, 3.8) is 0 Å². The zero-order chi connectivity index (χ0) is 17.6. The summed E-state index contributed by atoms with van der Waals surface area (Å²) in [5.74, 6) is 0. The van der Waals surface area contributed by atoms with E-state index < -0.39 is 13.3 Å². The third-order valence-electron chi connectivity index (χ3n) is 3.75. The molecule has 0 saturated heterocycles. The van der Waals surface area contributed by atoms with Crippen LogP contribution in [0.15, 0.2) is 63.7 Å². The van der Waals surface area contributed by atoms with Crippen molar-refractivity contribution in [3.05, 3.63) is 63.7 Å². The van der Waals surface area contributed by atoms with E-state index in [4.69, 9.17) is 0 Å². The molecule has 0 fully saturated rings. The van der Waals surface area contributed by atoms with Gasteiger partial charge in [-0.05, 0) is 0 Å². The first-order chi connectivity index (χ1) is 12.0. The molecule has 0 radical (unpaired) electrons. The van der Waals surface area contributed by atoms with Gasteiger partial charge in [0.25, 0.3) is 0 Å². The van der Waals surface area contributed by atoms with Gasteiger partial charge in [-0.1, -0.05) is 0 Å². The van der Waals surface area contributed by atoms with Crippen LogP contribution in [0, 0.1) is 0 Å². The number of hydrogen-bond acceptors (Lipinski definition) is 4. The molecule has 0 aromatic carbocycles. The van der Waals surface area contributed by atoms with Crippen LogP contribution in [-0.2, 0) is 0 Å². The molecule has 0 amide bonds. The van der Waals surface area contributed by atoms with E-state index in [9.17, 15) is 0 Å². The molecule has 0 aliphatic heterocycles. The molecule has 0 N–H and O–H groups in total. The van der Waals surface area contributed by atoms with Gasteiger partial charge in [-0.25, -0.2) is 0 Å². The summed E-state index contributed by atoms with van der Waals surface area (Å²) < 4.78 is 10.7. The van der Waals surface area contributed by atoms with Crippen molar-refractivity contribution in [2.75, 3.05) is 0 Å². The second-order valence-electron chi connectivity index (χ2n) is 5.27. The second kappa shape index (κ2) is 7.95. The Hall–Kier alpha value is 1.26. The van der Waals surface area contributed by atoms with Gasteiger partial charge in [0.15, 0.2) is 0 Å². The van der Waals surface area contributed by atoms with Crippen molar-refractivity contribution in [2.24, 2.45) is 0 Å². The minimum atomic E-state index is -2.95. The van der Waals surface area contributed by atoms with Crippen molar-refractivity contribution < 1.29 is 0 Å². The Morgan fingerprint density at radius 2 is 0.720 bits per heavy atom. The first-order valence-electron chi connectivity index (χ1n) is 6.98. The molecule has 0 spiro atoms. The van der Waals surface area contributed by atoms with Crippen LogP contribution < -0.4 is 14.8 Å². The Morgan fingerprint density at radius 3 is 0.880 bits per heavy atom. The van der Waals surface area contributed by atoms with Crippen LogP contribution in [-0.4, -0.2) is 13.3 Å². The number of rotatable bonds is 4. The van der Waals surface area contributed by atoms with Crippen LogP contribution in [0.2, 0.25) is 0 Å². The summed E-state index contributed by atoms with van der Waals surface area (Å²) >= 11 is 19.3. The van der Waals surface area contributed by atoms with Crippen molar-refractivity contribution >= 4 is 137 Å². The summed E-state index contributed by atoms with van der Waals surface area (Å²) in [7, 11) is 0. The molecule has 0 aliphatic carbocycles. The zero-order valence-electron chi connectivity index (χ0n) is 12.3. The Kier molecular flexibility index (Phi) is 6.22. The molecule has 0 unspecified atom stereocenters. The van der Waals surface area contributed by atoms with Crippen molar-refractivity contribution in [3.8, 4) is 0 Å². The summed E-state index contributed by atoms with van der Waals surface area (Å²) in [5.41, 5.74) is 0. The fourth-order valence-corrected chi connectivity index (χ4v) is 30.9. The topological polar surface area (TPSA) is 0 Å². The molecule has 0 atom stereocenters. The number of thiophene rings is 4. The molecule has 4 heterocycles. The standard InChI is InChI=1S/C16H8Br4GeS4/c17-9-1-13(22-5-9)21(14-2-10(18)6-23-14,15-3-11(19)7-24-15)16-4-12(20)8-25-16/h1-8H. The summed E-state index contributed by atoms with van der Waals surface area (Å²) in [6, 6.07) is 9.33. The van der Waals surface area contributed by atoms with E-state index >= 15 is 0 Å². The molecule has 4 aromatic heterocycles. The van der Waals surface area contributed by atoms with Crippen molar-refractivity contribution in [2.45, 2.75) is 0 Å². The quantitative estimate of drug-likeness (QED) is 0.216. The monoisotopic (exact) mass is 718 g/mol. The fourth-order valence-electron chi connectivity index (χ4n) is 2.77. The first kappa shape index (κ1) is 19.6. The second-order valence-corrected chi connectivity index (χ2v) is 23.3. The molecule has 4 rings (SSSR count). The molecule has 0 aliphatic rings. The average molecular weight is 721 g/mol. The van der Waals surface area contributed by atoms with E-state index in [1.54, 1.807) is 0 Å². The first-order valence-corrected chi connectivity index (χ1v) is 17.9. The molecule has 0 bridgehead atoms. The number of halogens is 4. The zero-order valence-corrected chi connectivity index (χ0v) is 24.0. The minimum absolute atomic E-state index is 1.17. The van der Waals surface area contributed by atoms with Gasteiger partial charge in [0, 0.05) is 0 Å². The fraction of sp³-hybridized carbons (Fsp3) is 0. The molecular formula is C16H8Br4GeS4. The van der Waals surface area contributed by atoms with Crippen molar-refractivity contribution in [1.82, 2.24) is 0 Å². The van der Waals surface area contributed by atoms with E-state index in [0.717, 1.165) is 0 Å². The predicted molar refractivity (Wildman–Crippen MR) is 132 cm³/mol. The van der Waals surface area contributed by atoms with Gasteiger partial charge in [-0.15, -0.1) is 0 Å². The molecule has 4 aromatic rings. The van der Waals surface area contributed by atoms with Gasteiger partial charge >= 0.3 is 201 Å². The average Bonchev–Trinajstić information content (AvgIpc) is 3.33. The van der Waals surface area contributed by atoms with E-state index in [-0.39, 0.29) is 0 Å². The van der Waals surface area contributed by atoms with E-state index in [1.165, 1.54) is 32.7 Å². The summed E-state index contributed by atoms with van der Waals surface area (Å²) in [6.07, 6.45) is 0. The molecular weight excluding hydrogens is 713 g/mol. The molecule has 0 nitrogen and oxygen atoms in total. The van der Waals surface area contributed by atoms with Gasteiger partial charge in [0.05, 0.1) is 0 Å². The van der Waals surface area contributed by atoms with Gasteiger partial charge in [0.1, 0.15) is 0 Å². The Bertz CT molecular complexity index is 862. The SMILES string of the molecule is Brc1cs[c]([Ge]([c]2cc(Br)cs2)([c]2cc(Br)cs2)[c]2cc(Br)cs2)c1.